The summed E-state index contributed by atoms with van der Waals surface area (Å²) < 4.78 is 19.1. The lowest BCUT2D eigenvalue weighted by molar-refractivity contribution is -0.123. The fourth-order valence-electron chi connectivity index (χ4n) is 1.74. The first-order valence-electron chi connectivity index (χ1n) is 7.48. The van der Waals surface area contributed by atoms with Crippen molar-refractivity contribution in [3.8, 4) is 5.75 Å². The third-order valence-corrected chi connectivity index (χ3v) is 3.13. The minimum Gasteiger partial charge on any atom is -0.481 e. The van der Waals surface area contributed by atoms with Crippen LogP contribution >= 0.6 is 0 Å². The summed E-state index contributed by atoms with van der Waals surface area (Å²) in [5.41, 5.74) is 0.859. The lowest BCUT2D eigenvalue weighted by Gasteiger charge is -2.12. The molecule has 0 aliphatic heterocycles. The van der Waals surface area contributed by atoms with Gasteiger partial charge < -0.3 is 15.4 Å². The molecule has 118 valence electrons. The van der Waals surface area contributed by atoms with E-state index in [1.54, 1.807) is 12.1 Å². The van der Waals surface area contributed by atoms with Crippen LogP contribution < -0.4 is 15.4 Å². The standard InChI is InChI=1S/C16H25FN2O2/c1-4-8-18-10-13-6-7-15(14(17)9-13)21-11-16(20)19-12(3)5-2/h6-7,9,12,18H,4-5,8,10-11H2,1-3H3,(H,19,20). The zero-order valence-corrected chi connectivity index (χ0v) is 13.0. The lowest BCUT2D eigenvalue weighted by Crippen LogP contribution is -2.35. The van der Waals surface area contributed by atoms with Gasteiger partial charge in [-0.1, -0.05) is 19.9 Å². The van der Waals surface area contributed by atoms with Crippen molar-refractivity contribution in [1.82, 2.24) is 10.6 Å². The summed E-state index contributed by atoms with van der Waals surface area (Å²) in [4.78, 5) is 11.6. The largest absolute Gasteiger partial charge is 0.481 e. The lowest BCUT2D eigenvalue weighted by atomic mass is 10.2. The van der Waals surface area contributed by atoms with Crippen LogP contribution in [0.5, 0.6) is 5.75 Å². The maximum Gasteiger partial charge on any atom is 0.258 e. The summed E-state index contributed by atoms with van der Waals surface area (Å²) in [6.45, 7) is 7.33. The fraction of sp³-hybridized carbons (Fsp3) is 0.562. The van der Waals surface area contributed by atoms with Crippen molar-refractivity contribution in [2.24, 2.45) is 0 Å². The Morgan fingerprint density at radius 2 is 2.14 bits per heavy atom. The topological polar surface area (TPSA) is 50.4 Å². The number of hydrogen-bond donors (Lipinski definition) is 2. The summed E-state index contributed by atoms with van der Waals surface area (Å²) in [5, 5.41) is 5.97. The average molecular weight is 296 g/mol. The number of halogens is 1. The molecule has 0 fully saturated rings. The molecule has 1 aromatic rings. The minimum absolute atomic E-state index is 0.0953. The second-order valence-electron chi connectivity index (χ2n) is 5.11. The first-order chi connectivity index (χ1) is 10.1. The highest BCUT2D eigenvalue weighted by atomic mass is 19.1. The normalized spacial score (nSPS) is 12.0. The highest BCUT2D eigenvalue weighted by Crippen LogP contribution is 2.18. The molecular formula is C16H25FN2O2. The highest BCUT2D eigenvalue weighted by molar-refractivity contribution is 5.77. The van der Waals surface area contributed by atoms with Gasteiger partial charge in [0.05, 0.1) is 0 Å². The van der Waals surface area contributed by atoms with Gasteiger partial charge in [0.25, 0.3) is 5.91 Å². The van der Waals surface area contributed by atoms with E-state index in [0.29, 0.717) is 6.54 Å². The zero-order valence-electron chi connectivity index (χ0n) is 13.0. The van der Waals surface area contributed by atoms with Gasteiger partial charge in [-0.05, 0) is 44.0 Å². The maximum absolute atomic E-state index is 13.9. The molecule has 0 radical (unpaired) electrons. The van der Waals surface area contributed by atoms with Crippen LogP contribution in [0, 0.1) is 5.82 Å². The van der Waals surface area contributed by atoms with Crippen molar-refractivity contribution < 1.29 is 13.9 Å². The summed E-state index contributed by atoms with van der Waals surface area (Å²) in [5.74, 6) is -0.576. The van der Waals surface area contributed by atoms with E-state index in [1.165, 1.54) is 6.07 Å². The van der Waals surface area contributed by atoms with Gasteiger partial charge in [0.15, 0.2) is 18.2 Å². The Bertz CT molecular complexity index is 452. The van der Waals surface area contributed by atoms with Gasteiger partial charge in [-0.2, -0.15) is 0 Å². The van der Waals surface area contributed by atoms with E-state index in [9.17, 15) is 9.18 Å². The van der Waals surface area contributed by atoms with Crippen LogP contribution in [0.3, 0.4) is 0 Å². The number of hydrogen-bond acceptors (Lipinski definition) is 3. The first-order valence-corrected chi connectivity index (χ1v) is 7.48. The van der Waals surface area contributed by atoms with Gasteiger partial charge in [-0.15, -0.1) is 0 Å². The van der Waals surface area contributed by atoms with E-state index in [2.05, 4.69) is 17.6 Å². The second kappa shape index (κ2) is 9.34. The Hall–Kier alpha value is -1.62. The molecule has 0 aromatic heterocycles. The molecule has 0 spiro atoms. The molecule has 1 atom stereocenters. The minimum atomic E-state index is -0.442. The third-order valence-electron chi connectivity index (χ3n) is 3.13. The van der Waals surface area contributed by atoms with Gasteiger partial charge in [0.1, 0.15) is 0 Å². The average Bonchev–Trinajstić information content (AvgIpc) is 2.46. The van der Waals surface area contributed by atoms with Crippen molar-refractivity contribution in [1.29, 1.82) is 0 Å². The monoisotopic (exact) mass is 296 g/mol. The molecular weight excluding hydrogens is 271 g/mol. The number of nitrogens with one attached hydrogen (secondary N) is 2. The summed E-state index contributed by atoms with van der Waals surface area (Å²) in [6, 6.07) is 4.89. The van der Waals surface area contributed by atoms with Crippen molar-refractivity contribution in [3.63, 3.8) is 0 Å². The summed E-state index contributed by atoms with van der Waals surface area (Å²) in [7, 11) is 0. The Morgan fingerprint density at radius 1 is 1.38 bits per heavy atom. The molecule has 4 nitrogen and oxygen atoms in total. The van der Waals surface area contributed by atoms with E-state index in [0.717, 1.165) is 24.9 Å². The SMILES string of the molecule is CCCNCc1ccc(OCC(=O)NC(C)CC)c(F)c1. The van der Waals surface area contributed by atoms with Crippen LogP contribution in [0.4, 0.5) is 4.39 Å². The Labute approximate surface area is 126 Å². The quantitative estimate of drug-likeness (QED) is 0.689. The molecule has 0 aliphatic carbocycles. The first kappa shape index (κ1) is 17.4. The van der Waals surface area contributed by atoms with Crippen LogP contribution in [-0.2, 0) is 11.3 Å². The Balaban J connectivity index is 2.47. The molecule has 21 heavy (non-hydrogen) atoms. The fourth-order valence-corrected chi connectivity index (χ4v) is 1.74. The molecule has 0 saturated carbocycles. The van der Waals surface area contributed by atoms with Gasteiger partial charge in [0, 0.05) is 12.6 Å². The van der Waals surface area contributed by atoms with E-state index in [1.807, 2.05) is 13.8 Å². The van der Waals surface area contributed by atoms with Gasteiger partial charge in [-0.3, -0.25) is 4.79 Å². The van der Waals surface area contributed by atoms with E-state index in [4.69, 9.17) is 4.74 Å². The second-order valence-corrected chi connectivity index (χ2v) is 5.11. The predicted octanol–water partition coefficient (Wildman–Crippen LogP) is 2.62. The molecule has 0 heterocycles. The molecule has 1 rings (SSSR count). The highest BCUT2D eigenvalue weighted by Gasteiger charge is 2.09. The number of benzene rings is 1. The number of ether oxygens (including phenoxy) is 1. The van der Waals surface area contributed by atoms with E-state index in [-0.39, 0.29) is 24.3 Å². The van der Waals surface area contributed by atoms with Crippen LogP contribution in [0.2, 0.25) is 0 Å². The van der Waals surface area contributed by atoms with Crippen molar-refractivity contribution in [3.05, 3.63) is 29.6 Å². The molecule has 1 unspecified atom stereocenters. The van der Waals surface area contributed by atoms with Crippen LogP contribution in [0.25, 0.3) is 0 Å². The van der Waals surface area contributed by atoms with Crippen molar-refractivity contribution in [2.75, 3.05) is 13.2 Å². The molecule has 5 heteroatoms. The molecule has 1 aromatic carbocycles. The number of carbonyl (C=O) groups is 1. The Morgan fingerprint density at radius 3 is 2.76 bits per heavy atom. The third kappa shape index (κ3) is 6.58. The molecule has 1 amide bonds. The summed E-state index contributed by atoms with van der Waals surface area (Å²) in [6.07, 6.45) is 1.88. The molecule has 0 aliphatic rings. The van der Waals surface area contributed by atoms with Gasteiger partial charge in [-0.25, -0.2) is 4.39 Å². The maximum atomic E-state index is 13.9. The van der Waals surface area contributed by atoms with Crippen LogP contribution in [-0.4, -0.2) is 25.1 Å². The van der Waals surface area contributed by atoms with Crippen molar-refractivity contribution >= 4 is 5.91 Å². The van der Waals surface area contributed by atoms with Crippen LogP contribution in [0.1, 0.15) is 39.2 Å². The molecule has 0 saturated heterocycles. The number of rotatable bonds is 9. The predicted molar refractivity (Wildman–Crippen MR) is 81.8 cm³/mol. The van der Waals surface area contributed by atoms with Gasteiger partial charge >= 0.3 is 0 Å². The van der Waals surface area contributed by atoms with E-state index < -0.39 is 5.82 Å². The Kier molecular flexibility index (Phi) is 7.75. The zero-order chi connectivity index (χ0) is 15.7. The molecule has 0 bridgehead atoms. The number of amides is 1. The smallest absolute Gasteiger partial charge is 0.258 e. The van der Waals surface area contributed by atoms with Gasteiger partial charge in [0.2, 0.25) is 0 Å². The van der Waals surface area contributed by atoms with Crippen LogP contribution in [0.15, 0.2) is 18.2 Å². The molecule has 2 N–H and O–H groups in total. The number of carbonyl (C=O) groups excluding carboxylic acids is 1. The van der Waals surface area contributed by atoms with Crippen molar-refractivity contribution in [2.45, 2.75) is 46.2 Å². The summed E-state index contributed by atoms with van der Waals surface area (Å²) >= 11 is 0. The van der Waals surface area contributed by atoms with E-state index >= 15 is 0 Å².